The molecule has 1 aromatic heterocycles. The summed E-state index contributed by atoms with van der Waals surface area (Å²) in [5.41, 5.74) is 1.28. The number of carbonyl (C=O) groups excluding carboxylic acids is 1. The van der Waals surface area contributed by atoms with Crippen LogP contribution < -0.4 is 40.2 Å². The fourth-order valence-electron chi connectivity index (χ4n) is 1.31. The summed E-state index contributed by atoms with van der Waals surface area (Å²) < 4.78 is 1.79. The summed E-state index contributed by atoms with van der Waals surface area (Å²) in [6, 6.07) is 6.87. The van der Waals surface area contributed by atoms with Crippen molar-refractivity contribution in [3.8, 4) is 5.69 Å². The van der Waals surface area contributed by atoms with Gasteiger partial charge in [-0.2, -0.15) is 5.21 Å². The smallest absolute Gasteiger partial charge is 1.00 e. The first kappa shape index (κ1) is 14.8. The van der Waals surface area contributed by atoms with Gasteiger partial charge < -0.3 is 12.1 Å². The van der Waals surface area contributed by atoms with Crippen molar-refractivity contribution in [2.45, 2.75) is 0 Å². The fraction of sp³-hybridized carbons (Fsp3) is 0.111. The molecule has 0 unspecified atom stereocenters. The third-order valence-corrected chi connectivity index (χ3v) is 2.36. The molecule has 0 aliphatic carbocycles. The van der Waals surface area contributed by atoms with Crippen LogP contribution in [0, 0.1) is 4.77 Å². The number of nitrogens with zero attached hydrogens (tertiary/aromatic N) is 3. The van der Waals surface area contributed by atoms with Crippen molar-refractivity contribution in [3.05, 3.63) is 29.0 Å². The maximum Gasteiger partial charge on any atom is 1.00 e. The van der Waals surface area contributed by atoms with Gasteiger partial charge in [-0.15, -0.1) is 0 Å². The van der Waals surface area contributed by atoms with Crippen LogP contribution in [0.15, 0.2) is 24.3 Å². The monoisotopic (exact) mass is 274 g/mol. The molecule has 0 fully saturated rings. The number of nitrogens with one attached hydrogen (secondary N) is 3. The Bertz CT molecular complexity index is 600. The van der Waals surface area contributed by atoms with E-state index in [9.17, 15) is 4.79 Å². The SMILES string of the molecule is CNC(=O)Nc1ccccc1-n1[nH]nnc1=S.[H-].[Na+]. The van der Waals surface area contributed by atoms with Crippen LogP contribution in [0.2, 0.25) is 0 Å². The minimum absolute atomic E-state index is 0. The molecule has 0 aliphatic rings. The zero-order valence-corrected chi connectivity index (χ0v) is 12.8. The number of hydrogen-bond acceptors (Lipinski definition) is 4. The molecule has 90 valence electrons. The summed E-state index contributed by atoms with van der Waals surface area (Å²) >= 11 is 5.00. The zero-order valence-electron chi connectivity index (χ0n) is 11.0. The van der Waals surface area contributed by atoms with Crippen LogP contribution in [0.3, 0.4) is 0 Å². The van der Waals surface area contributed by atoms with Crippen molar-refractivity contribution in [2.24, 2.45) is 0 Å². The van der Waals surface area contributed by atoms with Crippen LogP contribution in [0.1, 0.15) is 1.43 Å². The van der Waals surface area contributed by atoms with Crippen LogP contribution in [-0.2, 0) is 0 Å². The maximum atomic E-state index is 11.3. The molecule has 7 nitrogen and oxygen atoms in total. The fourth-order valence-corrected chi connectivity index (χ4v) is 1.49. The minimum Gasteiger partial charge on any atom is -1.00 e. The number of urea groups is 1. The number of para-hydroxylation sites is 2. The van der Waals surface area contributed by atoms with E-state index >= 15 is 0 Å². The second kappa shape index (κ2) is 6.64. The Morgan fingerprint density at radius 3 is 2.83 bits per heavy atom. The molecule has 0 spiro atoms. The number of amides is 2. The Balaban J connectivity index is 0.00000162. The van der Waals surface area contributed by atoms with Crippen LogP contribution in [0.25, 0.3) is 5.69 Å². The number of H-pyrrole nitrogens is 1. The van der Waals surface area contributed by atoms with Crippen LogP contribution in [-0.4, -0.2) is 33.3 Å². The van der Waals surface area contributed by atoms with Crippen molar-refractivity contribution in [2.75, 3.05) is 12.4 Å². The third-order valence-electron chi connectivity index (χ3n) is 2.09. The summed E-state index contributed by atoms with van der Waals surface area (Å²) in [5, 5.41) is 15.1. The second-order valence-electron chi connectivity index (χ2n) is 3.14. The second-order valence-corrected chi connectivity index (χ2v) is 3.50. The third kappa shape index (κ3) is 3.16. The number of rotatable bonds is 2. The quantitative estimate of drug-likeness (QED) is 0.445. The van der Waals surface area contributed by atoms with E-state index in [1.165, 1.54) is 4.68 Å². The molecule has 1 aromatic carbocycles. The Morgan fingerprint density at radius 2 is 2.22 bits per heavy atom. The van der Waals surface area contributed by atoms with Crippen molar-refractivity contribution < 1.29 is 35.8 Å². The predicted molar refractivity (Wildman–Crippen MR) is 65.7 cm³/mol. The van der Waals surface area contributed by atoms with Gasteiger partial charge in [0.2, 0.25) is 4.77 Å². The Hall–Kier alpha value is -1.22. The molecule has 0 aliphatic heterocycles. The summed E-state index contributed by atoms with van der Waals surface area (Å²) in [6.07, 6.45) is 0. The van der Waals surface area contributed by atoms with Gasteiger partial charge in [0.1, 0.15) is 0 Å². The van der Waals surface area contributed by atoms with E-state index in [1.807, 2.05) is 12.1 Å². The Morgan fingerprint density at radius 1 is 1.50 bits per heavy atom. The molecular weight excluding hydrogens is 263 g/mol. The number of carbonyl (C=O) groups is 1. The molecule has 0 saturated heterocycles. The molecule has 1 heterocycles. The standard InChI is InChI=1S/C9H10N6OS.Na.H/c1-10-8(16)11-6-4-2-3-5-7(6)15-9(17)12-13-14-15;;/h2-5H,1H3,(H2,10,11,16)(H,12,14,17);;/q;+1;-1. The first-order valence-corrected chi connectivity index (χ1v) is 5.21. The van der Waals surface area contributed by atoms with Gasteiger partial charge in [-0.25, -0.2) is 9.48 Å². The zero-order chi connectivity index (χ0) is 12.3. The molecule has 18 heavy (non-hydrogen) atoms. The molecule has 0 atom stereocenters. The number of anilines is 1. The number of hydrogen-bond donors (Lipinski definition) is 3. The van der Waals surface area contributed by atoms with Crippen LogP contribution in [0.5, 0.6) is 0 Å². The van der Waals surface area contributed by atoms with Crippen molar-refractivity contribution in [3.63, 3.8) is 0 Å². The molecule has 2 rings (SSSR count). The average Bonchev–Trinajstić information content (AvgIpc) is 2.76. The van der Waals surface area contributed by atoms with E-state index < -0.39 is 0 Å². The van der Waals surface area contributed by atoms with Crippen molar-refractivity contribution in [1.82, 2.24) is 25.5 Å². The number of benzene rings is 1. The van der Waals surface area contributed by atoms with E-state index in [0.717, 1.165) is 0 Å². The van der Waals surface area contributed by atoms with Gasteiger partial charge >= 0.3 is 35.6 Å². The topological polar surface area (TPSA) is 87.6 Å². The van der Waals surface area contributed by atoms with Gasteiger partial charge in [-0.1, -0.05) is 22.4 Å². The Kier molecular flexibility index (Phi) is 5.48. The van der Waals surface area contributed by atoms with Crippen LogP contribution in [0.4, 0.5) is 10.5 Å². The van der Waals surface area contributed by atoms with Gasteiger partial charge in [0.25, 0.3) is 0 Å². The number of aromatic amines is 1. The first-order chi connectivity index (χ1) is 8.22. The van der Waals surface area contributed by atoms with E-state index in [0.29, 0.717) is 11.4 Å². The maximum absolute atomic E-state index is 11.3. The van der Waals surface area contributed by atoms with Crippen molar-refractivity contribution >= 4 is 23.9 Å². The largest absolute Gasteiger partial charge is 1.00 e. The van der Waals surface area contributed by atoms with Gasteiger partial charge in [0.05, 0.1) is 11.4 Å². The molecule has 2 aromatic rings. The molecule has 9 heteroatoms. The molecular formula is C9H11N6NaOS. The molecule has 0 radical (unpaired) electrons. The summed E-state index contributed by atoms with van der Waals surface area (Å²) in [5.74, 6) is 0. The van der Waals surface area contributed by atoms with Gasteiger partial charge in [0, 0.05) is 7.05 Å². The normalized spacial score (nSPS) is 9.39. The molecule has 2 amide bonds. The summed E-state index contributed by atoms with van der Waals surface area (Å²) in [4.78, 5) is 11.3. The van der Waals surface area contributed by atoms with Crippen LogP contribution >= 0.6 is 12.2 Å². The number of aromatic nitrogens is 4. The minimum atomic E-state index is -0.309. The summed E-state index contributed by atoms with van der Waals surface area (Å²) in [7, 11) is 1.54. The molecule has 3 N–H and O–H groups in total. The number of tetrazole rings is 1. The van der Waals surface area contributed by atoms with E-state index in [4.69, 9.17) is 12.2 Å². The predicted octanol–water partition coefficient (Wildman–Crippen LogP) is -1.81. The van der Waals surface area contributed by atoms with Crippen molar-refractivity contribution in [1.29, 1.82) is 0 Å². The van der Waals surface area contributed by atoms with E-state index in [1.54, 1.807) is 19.2 Å². The molecule has 0 saturated carbocycles. The average molecular weight is 274 g/mol. The summed E-state index contributed by atoms with van der Waals surface area (Å²) in [6.45, 7) is 0. The Labute approximate surface area is 132 Å². The first-order valence-electron chi connectivity index (χ1n) is 4.80. The van der Waals surface area contributed by atoms with Gasteiger partial charge in [-0.3, -0.25) is 0 Å². The van der Waals surface area contributed by atoms with Gasteiger partial charge in [-0.05, 0) is 24.4 Å². The van der Waals surface area contributed by atoms with Gasteiger partial charge in [0.15, 0.2) is 0 Å². The van der Waals surface area contributed by atoms with E-state index in [2.05, 4.69) is 26.2 Å². The van der Waals surface area contributed by atoms with E-state index in [-0.39, 0.29) is 41.8 Å². The molecule has 0 bridgehead atoms.